The van der Waals surface area contributed by atoms with Gasteiger partial charge in [0.05, 0.1) is 12.7 Å². The first-order chi connectivity index (χ1) is 9.20. The van der Waals surface area contributed by atoms with Gasteiger partial charge < -0.3 is 10.1 Å². The van der Waals surface area contributed by atoms with Gasteiger partial charge in [-0.2, -0.15) is 0 Å². The first kappa shape index (κ1) is 12.8. The number of carbonyl (C=O) groups is 2. The molecule has 0 aliphatic carbocycles. The number of nitrogens with one attached hydrogen (secondary N) is 1. The standard InChI is InChI=1S/C14H12N2O3/c1-19-14(18)10-7-8-12(15-9-10)13(17)16-11-5-3-2-4-6-11/h2-9H,1H3,(H,16,17). The van der Waals surface area contributed by atoms with Crippen molar-refractivity contribution in [1.82, 2.24) is 4.98 Å². The van der Waals surface area contributed by atoms with E-state index in [1.54, 1.807) is 12.1 Å². The molecule has 0 fully saturated rings. The maximum atomic E-state index is 11.9. The van der Waals surface area contributed by atoms with Crippen LogP contribution in [0.2, 0.25) is 0 Å². The average Bonchev–Trinajstić information content (AvgIpc) is 2.47. The summed E-state index contributed by atoms with van der Waals surface area (Å²) in [5.74, 6) is -0.815. The van der Waals surface area contributed by atoms with E-state index in [-0.39, 0.29) is 11.6 Å². The third-order valence-corrected chi connectivity index (χ3v) is 2.45. The molecule has 19 heavy (non-hydrogen) atoms. The third kappa shape index (κ3) is 3.16. The van der Waals surface area contributed by atoms with Gasteiger partial charge >= 0.3 is 5.97 Å². The molecule has 0 unspecified atom stereocenters. The Bertz CT molecular complexity index is 579. The fourth-order valence-corrected chi connectivity index (χ4v) is 1.48. The van der Waals surface area contributed by atoms with Crippen LogP contribution < -0.4 is 5.32 Å². The van der Waals surface area contributed by atoms with Gasteiger partial charge in [0.15, 0.2) is 0 Å². The molecule has 1 N–H and O–H groups in total. The van der Waals surface area contributed by atoms with Crippen molar-refractivity contribution in [1.29, 1.82) is 0 Å². The van der Waals surface area contributed by atoms with Crippen molar-refractivity contribution in [2.24, 2.45) is 0 Å². The molecular formula is C14H12N2O3. The number of para-hydroxylation sites is 1. The zero-order chi connectivity index (χ0) is 13.7. The lowest BCUT2D eigenvalue weighted by molar-refractivity contribution is 0.0600. The summed E-state index contributed by atoms with van der Waals surface area (Å²) in [7, 11) is 1.29. The molecule has 1 heterocycles. The van der Waals surface area contributed by atoms with E-state index in [0.717, 1.165) is 0 Å². The normalized spacial score (nSPS) is 9.74. The topological polar surface area (TPSA) is 68.3 Å². The largest absolute Gasteiger partial charge is 0.465 e. The number of esters is 1. The molecule has 2 aromatic rings. The number of benzene rings is 1. The van der Waals surface area contributed by atoms with E-state index in [9.17, 15) is 9.59 Å². The minimum atomic E-state index is -0.484. The van der Waals surface area contributed by atoms with Crippen LogP contribution in [0, 0.1) is 0 Å². The number of amides is 1. The number of rotatable bonds is 3. The van der Waals surface area contributed by atoms with Gasteiger partial charge in [-0.05, 0) is 24.3 Å². The molecule has 1 aromatic carbocycles. The maximum absolute atomic E-state index is 11.9. The van der Waals surface area contributed by atoms with Crippen LogP contribution in [0.4, 0.5) is 5.69 Å². The Kier molecular flexibility index (Phi) is 3.87. The van der Waals surface area contributed by atoms with E-state index in [1.807, 2.05) is 18.2 Å². The van der Waals surface area contributed by atoms with Gasteiger partial charge in [0.1, 0.15) is 5.69 Å². The van der Waals surface area contributed by atoms with E-state index in [4.69, 9.17) is 0 Å². The van der Waals surface area contributed by atoms with Crippen molar-refractivity contribution in [3.63, 3.8) is 0 Å². The van der Waals surface area contributed by atoms with E-state index in [0.29, 0.717) is 11.3 Å². The maximum Gasteiger partial charge on any atom is 0.339 e. The van der Waals surface area contributed by atoms with E-state index in [2.05, 4.69) is 15.0 Å². The molecular weight excluding hydrogens is 244 g/mol. The van der Waals surface area contributed by atoms with Gasteiger partial charge in [0.25, 0.3) is 5.91 Å². The number of aromatic nitrogens is 1. The van der Waals surface area contributed by atoms with Crippen LogP contribution in [0.1, 0.15) is 20.8 Å². The van der Waals surface area contributed by atoms with E-state index >= 15 is 0 Å². The highest BCUT2D eigenvalue weighted by Gasteiger charge is 2.10. The highest BCUT2D eigenvalue weighted by atomic mass is 16.5. The molecule has 0 bridgehead atoms. The summed E-state index contributed by atoms with van der Waals surface area (Å²) >= 11 is 0. The van der Waals surface area contributed by atoms with Gasteiger partial charge in [-0.1, -0.05) is 18.2 Å². The van der Waals surface area contributed by atoms with Crippen molar-refractivity contribution in [2.75, 3.05) is 12.4 Å². The molecule has 5 nitrogen and oxygen atoms in total. The van der Waals surface area contributed by atoms with Gasteiger partial charge in [-0.25, -0.2) is 4.79 Å². The third-order valence-electron chi connectivity index (χ3n) is 2.45. The van der Waals surface area contributed by atoms with Crippen LogP contribution in [0.15, 0.2) is 48.7 Å². The Hall–Kier alpha value is -2.69. The first-order valence-corrected chi connectivity index (χ1v) is 5.61. The summed E-state index contributed by atoms with van der Waals surface area (Å²) in [5, 5.41) is 2.70. The fraction of sp³-hybridized carbons (Fsp3) is 0.0714. The van der Waals surface area contributed by atoms with Crippen LogP contribution in [-0.4, -0.2) is 24.0 Å². The number of methoxy groups -OCH3 is 1. The molecule has 0 radical (unpaired) electrons. The summed E-state index contributed by atoms with van der Waals surface area (Å²) < 4.78 is 4.55. The number of hydrogen-bond donors (Lipinski definition) is 1. The predicted molar refractivity (Wildman–Crippen MR) is 70.0 cm³/mol. The molecule has 1 amide bonds. The van der Waals surface area contributed by atoms with Gasteiger partial charge in [-0.3, -0.25) is 9.78 Å². The lowest BCUT2D eigenvalue weighted by atomic mass is 10.2. The Labute approximate surface area is 110 Å². The zero-order valence-corrected chi connectivity index (χ0v) is 10.3. The van der Waals surface area contributed by atoms with Crippen molar-refractivity contribution < 1.29 is 14.3 Å². The van der Waals surface area contributed by atoms with E-state index in [1.165, 1.54) is 25.4 Å². The molecule has 0 aliphatic rings. The second-order valence-electron chi connectivity index (χ2n) is 3.74. The Morgan fingerprint density at radius 2 is 1.84 bits per heavy atom. The summed E-state index contributed by atoms with van der Waals surface area (Å²) in [6.07, 6.45) is 1.31. The molecule has 0 aliphatic heterocycles. The van der Waals surface area contributed by atoms with Gasteiger partial charge in [-0.15, -0.1) is 0 Å². The summed E-state index contributed by atoms with van der Waals surface area (Å²) in [6.45, 7) is 0. The number of anilines is 1. The van der Waals surface area contributed by atoms with Crippen LogP contribution in [0.3, 0.4) is 0 Å². The summed E-state index contributed by atoms with van der Waals surface area (Å²) in [5.41, 5.74) is 1.22. The molecule has 2 rings (SSSR count). The second-order valence-corrected chi connectivity index (χ2v) is 3.74. The summed E-state index contributed by atoms with van der Waals surface area (Å²) in [6, 6.07) is 12.0. The lowest BCUT2D eigenvalue weighted by Crippen LogP contribution is -2.14. The van der Waals surface area contributed by atoms with E-state index < -0.39 is 5.97 Å². The quantitative estimate of drug-likeness (QED) is 0.854. The molecule has 0 atom stereocenters. The SMILES string of the molecule is COC(=O)c1ccc(C(=O)Nc2ccccc2)nc1. The fourth-order valence-electron chi connectivity index (χ4n) is 1.48. The smallest absolute Gasteiger partial charge is 0.339 e. The Morgan fingerprint density at radius 1 is 1.11 bits per heavy atom. The Balaban J connectivity index is 2.10. The molecule has 5 heteroatoms. The monoisotopic (exact) mass is 256 g/mol. The van der Waals surface area contributed by atoms with Crippen molar-refractivity contribution in [3.05, 3.63) is 59.9 Å². The molecule has 0 saturated carbocycles. The Morgan fingerprint density at radius 3 is 2.42 bits per heavy atom. The minimum Gasteiger partial charge on any atom is -0.465 e. The lowest BCUT2D eigenvalue weighted by Gasteiger charge is -2.04. The highest BCUT2D eigenvalue weighted by Crippen LogP contribution is 2.08. The van der Waals surface area contributed by atoms with Crippen LogP contribution in [-0.2, 0) is 4.74 Å². The number of ether oxygens (including phenoxy) is 1. The van der Waals surface area contributed by atoms with Crippen molar-refractivity contribution >= 4 is 17.6 Å². The molecule has 0 spiro atoms. The number of pyridine rings is 1. The molecule has 1 aromatic heterocycles. The highest BCUT2D eigenvalue weighted by molar-refractivity contribution is 6.03. The predicted octanol–water partition coefficient (Wildman–Crippen LogP) is 2.12. The summed E-state index contributed by atoms with van der Waals surface area (Å²) in [4.78, 5) is 27.0. The van der Waals surface area contributed by atoms with Crippen molar-refractivity contribution in [2.45, 2.75) is 0 Å². The van der Waals surface area contributed by atoms with Crippen LogP contribution in [0.5, 0.6) is 0 Å². The average molecular weight is 256 g/mol. The number of hydrogen-bond acceptors (Lipinski definition) is 4. The van der Waals surface area contributed by atoms with Crippen LogP contribution in [0.25, 0.3) is 0 Å². The number of carbonyl (C=O) groups excluding carboxylic acids is 2. The molecule has 0 saturated heterocycles. The van der Waals surface area contributed by atoms with Gasteiger partial charge in [0.2, 0.25) is 0 Å². The first-order valence-electron chi connectivity index (χ1n) is 5.61. The minimum absolute atomic E-state index is 0.233. The van der Waals surface area contributed by atoms with Crippen molar-refractivity contribution in [3.8, 4) is 0 Å². The van der Waals surface area contributed by atoms with Crippen LogP contribution >= 0.6 is 0 Å². The number of nitrogens with zero attached hydrogens (tertiary/aromatic N) is 1. The zero-order valence-electron chi connectivity index (χ0n) is 10.3. The second kappa shape index (κ2) is 5.77. The molecule has 96 valence electrons. The van der Waals surface area contributed by atoms with Gasteiger partial charge in [0, 0.05) is 11.9 Å².